The van der Waals surface area contributed by atoms with Crippen molar-refractivity contribution in [3.8, 4) is 0 Å². The monoisotopic (exact) mass is 448 g/mol. The number of hydrogen-bond acceptors (Lipinski definition) is 7. The summed E-state index contributed by atoms with van der Waals surface area (Å²) in [5, 5.41) is 24.7. The number of rotatable bonds is 8. The molecule has 1 aliphatic rings. The molecule has 2 rings (SSSR count). The fourth-order valence-corrected chi connectivity index (χ4v) is 3.48. The van der Waals surface area contributed by atoms with Crippen LogP contribution in [-0.2, 0) is 6.42 Å². The summed E-state index contributed by atoms with van der Waals surface area (Å²) in [7, 11) is 0. The molecule has 1 saturated heterocycles. The largest absolute Gasteiger partial charge is 0.364 e. The molecule has 10 heteroatoms. The fourth-order valence-electron chi connectivity index (χ4n) is 2.86. The number of thioether (sulfide) groups is 1. The first-order chi connectivity index (χ1) is 14.6. The molecular weight excluding hydrogens is 416 g/mol. The van der Waals surface area contributed by atoms with Gasteiger partial charge in [0.15, 0.2) is 10.3 Å². The smallest absolute Gasteiger partial charge is 0.182 e. The Morgan fingerprint density at radius 2 is 1.83 bits per heavy atom. The van der Waals surface area contributed by atoms with E-state index >= 15 is 0 Å². The summed E-state index contributed by atoms with van der Waals surface area (Å²) < 4.78 is 0. The van der Waals surface area contributed by atoms with Gasteiger partial charge in [-0.2, -0.15) is 10.2 Å². The first-order valence-electron chi connectivity index (χ1n) is 10.2. The lowest BCUT2D eigenvalue weighted by Crippen LogP contribution is -2.20. The summed E-state index contributed by atoms with van der Waals surface area (Å²) >= 11 is 5.82. The van der Waals surface area contributed by atoms with Gasteiger partial charge in [0.2, 0.25) is 0 Å². The average Bonchev–Trinajstić information content (AvgIpc) is 3.29. The molecule has 2 heterocycles. The van der Waals surface area contributed by atoms with Crippen LogP contribution >= 0.6 is 24.4 Å². The highest BCUT2D eigenvalue weighted by Gasteiger charge is 2.14. The molecule has 1 aromatic rings. The predicted molar refractivity (Wildman–Crippen MR) is 135 cm³/mol. The molecule has 0 bridgehead atoms. The molecule has 0 unspecified atom stereocenters. The summed E-state index contributed by atoms with van der Waals surface area (Å²) in [6, 6.07) is 4.17. The minimum atomic E-state index is 0.464. The van der Waals surface area contributed by atoms with Gasteiger partial charge in [0.25, 0.3) is 0 Å². The first-order valence-corrected chi connectivity index (χ1v) is 11.9. The van der Waals surface area contributed by atoms with E-state index in [1.807, 2.05) is 33.2 Å². The van der Waals surface area contributed by atoms with E-state index in [0.717, 1.165) is 48.4 Å². The van der Waals surface area contributed by atoms with Gasteiger partial charge in [0.1, 0.15) is 5.82 Å². The molecule has 2 N–H and O–H groups in total. The zero-order chi connectivity index (χ0) is 21.8. The lowest BCUT2D eigenvalue weighted by atomic mass is 10.1. The number of thiol groups is 1. The Kier molecular flexibility index (Phi) is 10.7. The lowest BCUT2D eigenvalue weighted by Gasteiger charge is -2.16. The number of aromatic nitrogens is 1. The molecule has 0 spiro atoms. The van der Waals surface area contributed by atoms with E-state index in [0.29, 0.717) is 17.3 Å². The zero-order valence-corrected chi connectivity index (χ0v) is 19.9. The van der Waals surface area contributed by atoms with Gasteiger partial charge in [-0.05, 0) is 51.5 Å². The van der Waals surface area contributed by atoms with Crippen molar-refractivity contribution in [2.24, 2.45) is 20.4 Å². The van der Waals surface area contributed by atoms with E-state index in [1.54, 1.807) is 0 Å². The predicted octanol–water partition coefficient (Wildman–Crippen LogP) is 3.18. The topological polar surface area (TPSA) is 89.6 Å². The second kappa shape index (κ2) is 13.3. The Morgan fingerprint density at radius 1 is 1.10 bits per heavy atom. The van der Waals surface area contributed by atoms with Crippen molar-refractivity contribution >= 4 is 52.0 Å². The highest BCUT2D eigenvalue weighted by atomic mass is 32.2. The fraction of sp³-hybridized carbons (Fsp3) is 0.550. The van der Waals surface area contributed by atoms with Gasteiger partial charge in [-0.25, -0.2) is 4.98 Å². The second-order valence-electron chi connectivity index (χ2n) is 6.72. The quantitative estimate of drug-likeness (QED) is 0.246. The average molecular weight is 449 g/mol. The van der Waals surface area contributed by atoms with Gasteiger partial charge in [-0.3, -0.25) is 0 Å². The van der Waals surface area contributed by atoms with Crippen LogP contribution in [0.4, 0.5) is 5.82 Å². The molecule has 0 saturated carbocycles. The molecule has 30 heavy (non-hydrogen) atoms. The normalized spacial score (nSPS) is 16.2. The Morgan fingerprint density at radius 3 is 2.43 bits per heavy atom. The van der Waals surface area contributed by atoms with E-state index in [9.17, 15) is 0 Å². The summed E-state index contributed by atoms with van der Waals surface area (Å²) in [6.45, 7) is 9.58. The molecule has 0 amide bonds. The van der Waals surface area contributed by atoms with E-state index in [1.165, 1.54) is 24.6 Å². The van der Waals surface area contributed by atoms with Crippen molar-refractivity contribution in [1.29, 1.82) is 0 Å². The minimum absolute atomic E-state index is 0.464. The van der Waals surface area contributed by atoms with Crippen LogP contribution in [0.25, 0.3) is 0 Å². The van der Waals surface area contributed by atoms with E-state index in [2.05, 4.69) is 65.7 Å². The van der Waals surface area contributed by atoms with Crippen molar-refractivity contribution < 1.29 is 0 Å². The lowest BCUT2D eigenvalue weighted by molar-refractivity contribution is 0.934. The Balaban J connectivity index is 2.22. The molecular formula is C20H32N8S2. The summed E-state index contributed by atoms with van der Waals surface area (Å²) in [5.74, 6) is 1.03. The van der Waals surface area contributed by atoms with Crippen LogP contribution in [0, 0.1) is 0 Å². The van der Waals surface area contributed by atoms with Crippen LogP contribution in [0.5, 0.6) is 0 Å². The molecule has 1 aliphatic heterocycles. The number of pyridine rings is 1. The zero-order valence-electron chi connectivity index (χ0n) is 18.2. The van der Waals surface area contributed by atoms with Gasteiger partial charge in [-0.1, -0.05) is 17.8 Å². The summed E-state index contributed by atoms with van der Waals surface area (Å²) in [6.07, 6.45) is 6.89. The third-order valence-corrected chi connectivity index (χ3v) is 5.30. The standard InChI is InChI=1S/C20H32N8S2/c1-5-21-19(29)26-25-17(15(3)24-27-20(30-4)22-6-2)13-16-9-10-18(23-14-16)28-11-7-8-12-28/h9-10,14H,5-8,11-13H2,1-4H3,(H,22,27)(H2,21,26,29)/b24-15+,25-17+. The number of amidine groups is 2. The van der Waals surface area contributed by atoms with E-state index in [-0.39, 0.29) is 0 Å². The number of nitrogens with zero attached hydrogens (tertiary/aromatic N) is 6. The van der Waals surface area contributed by atoms with Gasteiger partial charge < -0.3 is 15.5 Å². The maximum atomic E-state index is 4.64. The Hall–Kier alpha value is -2.07. The number of nitrogens with one attached hydrogen (secondary N) is 2. The van der Waals surface area contributed by atoms with Crippen LogP contribution < -0.4 is 15.5 Å². The Bertz CT molecular complexity index is 781. The van der Waals surface area contributed by atoms with Crippen LogP contribution in [0.3, 0.4) is 0 Å². The van der Waals surface area contributed by atoms with Crippen LogP contribution in [0.2, 0.25) is 0 Å². The molecule has 1 fully saturated rings. The highest BCUT2D eigenvalue weighted by Crippen LogP contribution is 2.18. The van der Waals surface area contributed by atoms with Crippen LogP contribution in [0.15, 0.2) is 38.7 Å². The number of anilines is 1. The van der Waals surface area contributed by atoms with Crippen molar-refractivity contribution in [1.82, 2.24) is 15.6 Å². The molecule has 0 aromatic carbocycles. The summed E-state index contributed by atoms with van der Waals surface area (Å²) in [5.41, 5.74) is 2.46. The van der Waals surface area contributed by atoms with Crippen LogP contribution in [-0.4, -0.2) is 59.2 Å². The maximum absolute atomic E-state index is 4.64. The van der Waals surface area contributed by atoms with Gasteiger partial charge in [-0.15, -0.1) is 22.8 Å². The molecule has 8 nitrogen and oxygen atoms in total. The third-order valence-electron chi connectivity index (χ3n) is 4.44. The Labute approximate surface area is 189 Å². The molecule has 164 valence electrons. The van der Waals surface area contributed by atoms with Gasteiger partial charge in [0.05, 0.1) is 11.4 Å². The molecule has 0 aliphatic carbocycles. The SMILES string of the molecule is CCN/C(S)=N/N=C(Cc1ccc(N2CCCC2)nc1)/C(C)=N/N=C(/NCC)SC. The van der Waals surface area contributed by atoms with E-state index in [4.69, 9.17) is 0 Å². The highest BCUT2D eigenvalue weighted by molar-refractivity contribution is 8.13. The number of hydrogen-bond donors (Lipinski definition) is 3. The third kappa shape index (κ3) is 7.98. The molecule has 0 atom stereocenters. The second-order valence-corrected chi connectivity index (χ2v) is 7.94. The van der Waals surface area contributed by atoms with E-state index < -0.39 is 0 Å². The van der Waals surface area contributed by atoms with Crippen molar-refractivity contribution in [3.63, 3.8) is 0 Å². The van der Waals surface area contributed by atoms with Crippen molar-refractivity contribution in [2.75, 3.05) is 37.3 Å². The molecule has 1 aromatic heterocycles. The van der Waals surface area contributed by atoms with Crippen molar-refractivity contribution in [2.45, 2.75) is 40.0 Å². The molecule has 0 radical (unpaired) electrons. The first kappa shape index (κ1) is 24.2. The van der Waals surface area contributed by atoms with Crippen LogP contribution in [0.1, 0.15) is 39.2 Å². The summed E-state index contributed by atoms with van der Waals surface area (Å²) in [4.78, 5) is 6.95. The minimum Gasteiger partial charge on any atom is -0.364 e. The van der Waals surface area contributed by atoms with Gasteiger partial charge >= 0.3 is 0 Å². The maximum Gasteiger partial charge on any atom is 0.182 e. The van der Waals surface area contributed by atoms with Gasteiger partial charge in [0, 0.05) is 38.8 Å². The van der Waals surface area contributed by atoms with Crippen molar-refractivity contribution in [3.05, 3.63) is 23.9 Å².